The Morgan fingerprint density at radius 1 is 1.30 bits per heavy atom. The van der Waals surface area contributed by atoms with Crippen LogP contribution in [0.4, 0.5) is 5.69 Å². The molecule has 2 aromatic carbocycles. The summed E-state index contributed by atoms with van der Waals surface area (Å²) in [4.78, 5) is 12.3. The molecule has 1 fully saturated rings. The van der Waals surface area contributed by atoms with Crippen molar-refractivity contribution in [2.24, 2.45) is 0 Å². The van der Waals surface area contributed by atoms with Crippen LogP contribution >= 0.6 is 11.8 Å². The number of nitrogens with zero attached hydrogens (tertiary/aromatic N) is 1. The Balaban J connectivity index is 1.58. The van der Waals surface area contributed by atoms with Gasteiger partial charge in [-0.05, 0) is 30.3 Å². The molecule has 0 aliphatic carbocycles. The smallest absolute Gasteiger partial charge is 0.277 e. The molecule has 2 N–H and O–H groups in total. The number of benzene rings is 2. The summed E-state index contributed by atoms with van der Waals surface area (Å²) in [6, 6.07) is 13.0. The highest BCUT2D eigenvalue weighted by Crippen LogP contribution is 2.36. The number of amides is 1. The predicted molar refractivity (Wildman–Crippen MR) is 89.4 cm³/mol. The molecule has 2 aliphatic heterocycles. The number of anilines is 1. The van der Waals surface area contributed by atoms with Crippen molar-refractivity contribution >= 4 is 23.4 Å². The third-order valence-electron chi connectivity index (χ3n) is 3.90. The van der Waals surface area contributed by atoms with Gasteiger partial charge in [0.1, 0.15) is 5.75 Å². The molecule has 23 heavy (non-hydrogen) atoms. The first-order valence-electron chi connectivity index (χ1n) is 7.47. The molecule has 2 heterocycles. The molecule has 1 unspecified atom stereocenters. The quantitative estimate of drug-likeness (QED) is 0.514. The number of carbonyl (C=O) groups is 1. The van der Waals surface area contributed by atoms with Crippen molar-refractivity contribution in [2.45, 2.75) is 11.8 Å². The Morgan fingerprint density at radius 2 is 2.13 bits per heavy atom. The van der Waals surface area contributed by atoms with Crippen LogP contribution in [0.3, 0.4) is 0 Å². The molecule has 1 amide bonds. The predicted octanol–water partition coefficient (Wildman–Crippen LogP) is 3.35. The van der Waals surface area contributed by atoms with E-state index in [1.165, 1.54) is 0 Å². The lowest BCUT2D eigenvalue weighted by molar-refractivity contribution is -0.0557. The molecular weight excluding hydrogens is 312 g/mol. The topological polar surface area (TPSA) is 61.8 Å². The van der Waals surface area contributed by atoms with Gasteiger partial charge in [-0.2, -0.15) is 11.8 Å². The zero-order valence-electron chi connectivity index (χ0n) is 12.4. The molecule has 2 aromatic rings. The zero-order chi connectivity index (χ0) is 15.8. The third-order valence-corrected chi connectivity index (χ3v) is 4.85. The largest absolute Gasteiger partial charge is 0.455 e. The second-order valence-electron chi connectivity index (χ2n) is 5.62. The van der Waals surface area contributed by atoms with E-state index < -0.39 is 0 Å². The average molecular weight is 328 g/mol. The van der Waals surface area contributed by atoms with E-state index in [0.717, 1.165) is 33.6 Å². The van der Waals surface area contributed by atoms with Gasteiger partial charge in [0.15, 0.2) is 5.75 Å². The van der Waals surface area contributed by atoms with Crippen LogP contribution in [-0.4, -0.2) is 33.7 Å². The van der Waals surface area contributed by atoms with Gasteiger partial charge in [-0.25, -0.2) is 5.06 Å². The highest BCUT2D eigenvalue weighted by molar-refractivity contribution is 8.06. The van der Waals surface area contributed by atoms with E-state index in [4.69, 9.17) is 4.74 Å². The first kappa shape index (κ1) is 14.4. The maximum atomic E-state index is 12.3. The van der Waals surface area contributed by atoms with Gasteiger partial charge in [0.05, 0.1) is 12.2 Å². The lowest BCUT2D eigenvalue weighted by Crippen LogP contribution is -2.30. The van der Waals surface area contributed by atoms with Crippen LogP contribution in [0.15, 0.2) is 42.5 Å². The summed E-state index contributed by atoms with van der Waals surface area (Å²) in [5.41, 5.74) is 2.28. The highest BCUT2D eigenvalue weighted by atomic mass is 32.2. The van der Waals surface area contributed by atoms with Crippen molar-refractivity contribution in [2.75, 3.05) is 17.6 Å². The Kier molecular flexibility index (Phi) is 3.63. The number of ether oxygens (including phenoxy) is 1. The molecule has 0 radical (unpaired) electrons. The zero-order valence-corrected chi connectivity index (χ0v) is 13.2. The van der Waals surface area contributed by atoms with E-state index >= 15 is 0 Å². The number of nitrogens with one attached hydrogen (secondary N) is 1. The van der Waals surface area contributed by atoms with Crippen molar-refractivity contribution < 1.29 is 14.7 Å². The number of rotatable bonds is 3. The van der Waals surface area contributed by atoms with Crippen LogP contribution in [0.25, 0.3) is 0 Å². The second kappa shape index (κ2) is 5.79. The number of para-hydroxylation sites is 2. The molecule has 0 saturated carbocycles. The van der Waals surface area contributed by atoms with E-state index in [9.17, 15) is 10.0 Å². The Bertz CT molecular complexity index is 761. The van der Waals surface area contributed by atoms with Crippen LogP contribution in [0.2, 0.25) is 0 Å². The maximum absolute atomic E-state index is 12.3. The van der Waals surface area contributed by atoms with Gasteiger partial charge in [0, 0.05) is 28.7 Å². The minimum absolute atomic E-state index is 0.365. The summed E-state index contributed by atoms with van der Waals surface area (Å²) in [7, 11) is 0. The normalized spacial score (nSPS) is 17.9. The van der Waals surface area contributed by atoms with Gasteiger partial charge in [-0.1, -0.05) is 12.1 Å². The average Bonchev–Trinajstić information content (AvgIpc) is 3.39. The SMILES string of the molecule is O=C(c1ccc2c(c1)CNc1ccccc1O2)N(O)CC1CS1. The fourth-order valence-electron chi connectivity index (χ4n) is 2.56. The number of carbonyl (C=O) groups excluding carboxylic acids is 1. The fraction of sp³-hybridized carbons (Fsp3) is 0.235. The van der Waals surface area contributed by atoms with E-state index in [0.29, 0.717) is 23.9 Å². The minimum atomic E-state index is -0.373. The molecule has 1 atom stereocenters. The molecule has 4 rings (SSSR count). The molecule has 118 valence electrons. The highest BCUT2D eigenvalue weighted by Gasteiger charge is 2.28. The first-order chi connectivity index (χ1) is 11.2. The second-order valence-corrected chi connectivity index (χ2v) is 6.95. The number of hydrogen-bond acceptors (Lipinski definition) is 5. The molecule has 0 spiro atoms. The summed E-state index contributed by atoms with van der Waals surface area (Å²) < 4.78 is 5.92. The summed E-state index contributed by atoms with van der Waals surface area (Å²) in [6.45, 7) is 0.943. The van der Waals surface area contributed by atoms with E-state index in [1.807, 2.05) is 24.3 Å². The van der Waals surface area contributed by atoms with Crippen molar-refractivity contribution in [3.05, 3.63) is 53.6 Å². The molecule has 6 heteroatoms. The molecule has 5 nitrogen and oxygen atoms in total. The van der Waals surface area contributed by atoms with Crippen molar-refractivity contribution in [3.63, 3.8) is 0 Å². The number of hydrogen-bond donors (Lipinski definition) is 2. The van der Waals surface area contributed by atoms with Gasteiger partial charge >= 0.3 is 0 Å². The van der Waals surface area contributed by atoms with Crippen LogP contribution < -0.4 is 10.1 Å². The van der Waals surface area contributed by atoms with Crippen LogP contribution in [0.5, 0.6) is 11.5 Å². The monoisotopic (exact) mass is 328 g/mol. The van der Waals surface area contributed by atoms with Crippen molar-refractivity contribution in [1.29, 1.82) is 0 Å². The molecule has 0 aromatic heterocycles. The first-order valence-corrected chi connectivity index (χ1v) is 8.51. The van der Waals surface area contributed by atoms with Crippen molar-refractivity contribution in [1.82, 2.24) is 5.06 Å². The van der Waals surface area contributed by atoms with E-state index in [1.54, 1.807) is 30.0 Å². The number of fused-ring (bicyclic) bond motifs is 2. The molecule has 2 aliphatic rings. The standard InChI is InChI=1S/C17H16N2O3S/c20-17(19(21)9-13-10-23-13)11-5-6-15-12(7-11)8-18-14-3-1-2-4-16(14)22-15/h1-7,13,18,21H,8-10H2. The van der Waals surface area contributed by atoms with Crippen LogP contribution in [0.1, 0.15) is 15.9 Å². The van der Waals surface area contributed by atoms with Crippen LogP contribution in [-0.2, 0) is 6.54 Å². The van der Waals surface area contributed by atoms with Gasteiger partial charge in [0.25, 0.3) is 5.91 Å². The molecular formula is C17H16N2O3S. The van der Waals surface area contributed by atoms with Gasteiger partial charge in [-0.15, -0.1) is 0 Å². The van der Waals surface area contributed by atoms with E-state index in [2.05, 4.69) is 5.32 Å². The Morgan fingerprint density at radius 3 is 2.96 bits per heavy atom. The van der Waals surface area contributed by atoms with Gasteiger partial charge < -0.3 is 10.1 Å². The summed E-state index contributed by atoms with van der Waals surface area (Å²) >= 11 is 1.74. The lowest BCUT2D eigenvalue weighted by Gasteiger charge is -2.15. The summed E-state index contributed by atoms with van der Waals surface area (Å²) in [5.74, 6) is 2.12. The van der Waals surface area contributed by atoms with Crippen molar-refractivity contribution in [3.8, 4) is 11.5 Å². The van der Waals surface area contributed by atoms with E-state index in [-0.39, 0.29) is 5.91 Å². The molecule has 1 saturated heterocycles. The summed E-state index contributed by atoms with van der Waals surface area (Å²) in [6.07, 6.45) is 0. The number of thioether (sulfide) groups is 1. The minimum Gasteiger partial charge on any atom is -0.455 e. The Labute approximate surface area is 138 Å². The fourth-order valence-corrected chi connectivity index (χ4v) is 3.05. The number of hydroxylamine groups is 2. The third kappa shape index (κ3) is 3.00. The maximum Gasteiger partial charge on any atom is 0.277 e. The summed E-state index contributed by atoms with van der Waals surface area (Å²) in [5, 5.41) is 14.4. The molecule has 0 bridgehead atoms. The Hall–Kier alpha value is -2.18. The van der Waals surface area contributed by atoms with Gasteiger partial charge in [0.2, 0.25) is 0 Å². The van der Waals surface area contributed by atoms with Gasteiger partial charge in [-0.3, -0.25) is 10.0 Å². The lowest BCUT2D eigenvalue weighted by atomic mass is 10.1. The van der Waals surface area contributed by atoms with Crippen LogP contribution in [0, 0.1) is 0 Å².